The Kier molecular flexibility index (Phi) is 4.54. The van der Waals surface area contributed by atoms with Crippen LogP contribution in [0.5, 0.6) is 0 Å². The van der Waals surface area contributed by atoms with E-state index in [1.807, 2.05) is 0 Å². The van der Waals surface area contributed by atoms with Crippen LogP contribution < -0.4 is 5.32 Å². The minimum Gasteiger partial charge on any atom is -0.317 e. The Labute approximate surface area is 120 Å². The highest BCUT2D eigenvalue weighted by molar-refractivity contribution is 5.27. The molecule has 20 heavy (non-hydrogen) atoms. The molecular formula is C14H24N6. The van der Waals surface area contributed by atoms with E-state index >= 15 is 0 Å². The quantitative estimate of drug-likeness (QED) is 0.876. The highest BCUT2D eigenvalue weighted by Crippen LogP contribution is 2.21. The van der Waals surface area contributed by atoms with Gasteiger partial charge in [-0.15, -0.1) is 10.2 Å². The average Bonchev–Trinajstić information content (AvgIpc) is 3.00. The van der Waals surface area contributed by atoms with Crippen molar-refractivity contribution < 1.29 is 0 Å². The highest BCUT2D eigenvalue weighted by atomic mass is 15.3. The lowest BCUT2D eigenvalue weighted by atomic mass is 10.1. The summed E-state index contributed by atoms with van der Waals surface area (Å²) in [5, 5.41) is 16.2. The summed E-state index contributed by atoms with van der Waals surface area (Å²) in [6.45, 7) is 13.1. The molecule has 6 heteroatoms. The second-order valence-corrected chi connectivity index (χ2v) is 5.04. The second-order valence-electron chi connectivity index (χ2n) is 5.04. The van der Waals surface area contributed by atoms with E-state index in [-0.39, 0.29) is 6.04 Å². The predicted molar refractivity (Wildman–Crippen MR) is 78.3 cm³/mol. The molecular weight excluding hydrogens is 252 g/mol. The minimum atomic E-state index is 0.248. The molecule has 0 aliphatic carbocycles. The summed E-state index contributed by atoms with van der Waals surface area (Å²) >= 11 is 0. The van der Waals surface area contributed by atoms with Gasteiger partial charge in [-0.2, -0.15) is 5.10 Å². The Morgan fingerprint density at radius 3 is 2.60 bits per heavy atom. The van der Waals surface area contributed by atoms with Crippen molar-refractivity contribution in [3.8, 4) is 0 Å². The van der Waals surface area contributed by atoms with Crippen molar-refractivity contribution in [2.24, 2.45) is 0 Å². The molecule has 0 aliphatic heterocycles. The zero-order valence-corrected chi connectivity index (χ0v) is 13.0. The summed E-state index contributed by atoms with van der Waals surface area (Å²) in [5.74, 6) is 0.970. The first-order chi connectivity index (χ1) is 9.58. The van der Waals surface area contributed by atoms with Crippen LogP contribution >= 0.6 is 0 Å². The number of rotatable bonds is 6. The number of nitrogens with zero attached hydrogens (tertiary/aromatic N) is 5. The molecule has 1 N–H and O–H groups in total. The van der Waals surface area contributed by atoms with E-state index in [1.165, 1.54) is 11.3 Å². The Morgan fingerprint density at radius 2 is 2.00 bits per heavy atom. The molecule has 2 heterocycles. The van der Waals surface area contributed by atoms with Gasteiger partial charge < -0.3 is 9.88 Å². The first-order valence-corrected chi connectivity index (χ1v) is 7.22. The maximum Gasteiger partial charge on any atom is 0.146 e. The molecule has 2 rings (SSSR count). The first kappa shape index (κ1) is 14.7. The van der Waals surface area contributed by atoms with E-state index in [4.69, 9.17) is 0 Å². The average molecular weight is 276 g/mol. The fraction of sp³-hybridized carbons (Fsp3) is 0.643. The largest absolute Gasteiger partial charge is 0.317 e. The van der Waals surface area contributed by atoms with Crippen molar-refractivity contribution in [3.63, 3.8) is 0 Å². The van der Waals surface area contributed by atoms with Gasteiger partial charge >= 0.3 is 0 Å². The van der Waals surface area contributed by atoms with E-state index in [0.717, 1.165) is 24.6 Å². The highest BCUT2D eigenvalue weighted by Gasteiger charge is 2.17. The van der Waals surface area contributed by atoms with Gasteiger partial charge in [0.2, 0.25) is 0 Å². The number of aryl methyl sites for hydroxylation is 3. The zero-order chi connectivity index (χ0) is 14.7. The summed E-state index contributed by atoms with van der Waals surface area (Å²) in [7, 11) is 0. The van der Waals surface area contributed by atoms with Crippen LogP contribution in [0, 0.1) is 13.8 Å². The molecule has 0 aromatic carbocycles. The second kappa shape index (κ2) is 6.17. The van der Waals surface area contributed by atoms with Gasteiger partial charge in [-0.25, -0.2) is 0 Å². The van der Waals surface area contributed by atoms with Gasteiger partial charge in [-0.1, -0.05) is 0 Å². The maximum absolute atomic E-state index is 4.57. The summed E-state index contributed by atoms with van der Waals surface area (Å²) in [4.78, 5) is 0. The molecule has 1 unspecified atom stereocenters. The number of hydrogen-bond acceptors (Lipinski definition) is 4. The molecule has 0 amide bonds. The standard InChI is InChI=1S/C14H24N6/c1-6-19-9-16-17-13(19)8-15-10(3)14-11(4)18-20(7-2)12(14)5/h9-10,15H,6-8H2,1-5H3. The molecule has 2 aromatic heterocycles. The van der Waals surface area contributed by atoms with Crippen LogP contribution in [-0.2, 0) is 19.6 Å². The summed E-state index contributed by atoms with van der Waals surface area (Å²) < 4.78 is 4.10. The lowest BCUT2D eigenvalue weighted by molar-refractivity contribution is 0.534. The number of hydrogen-bond donors (Lipinski definition) is 1. The molecule has 0 saturated carbocycles. The van der Waals surface area contributed by atoms with Crippen LogP contribution in [0.1, 0.15) is 49.6 Å². The summed E-state index contributed by atoms with van der Waals surface area (Å²) in [6, 6.07) is 0.248. The third kappa shape index (κ3) is 2.75. The third-order valence-electron chi connectivity index (χ3n) is 3.77. The Morgan fingerprint density at radius 1 is 1.25 bits per heavy atom. The monoisotopic (exact) mass is 276 g/mol. The van der Waals surface area contributed by atoms with E-state index in [1.54, 1.807) is 6.33 Å². The normalized spacial score (nSPS) is 12.8. The maximum atomic E-state index is 4.57. The molecule has 0 fully saturated rings. The minimum absolute atomic E-state index is 0.248. The molecule has 0 bridgehead atoms. The molecule has 1 atom stereocenters. The van der Waals surface area contributed by atoms with Crippen molar-refractivity contribution in [2.45, 2.75) is 60.3 Å². The van der Waals surface area contributed by atoms with Gasteiger partial charge in [0.05, 0.1) is 12.2 Å². The molecule has 110 valence electrons. The van der Waals surface area contributed by atoms with Gasteiger partial charge in [0.15, 0.2) is 0 Å². The van der Waals surface area contributed by atoms with Gasteiger partial charge in [0, 0.05) is 30.4 Å². The van der Waals surface area contributed by atoms with Crippen LogP contribution in [0.4, 0.5) is 0 Å². The molecule has 0 radical (unpaired) electrons. The van der Waals surface area contributed by atoms with Crippen LogP contribution in [0.2, 0.25) is 0 Å². The van der Waals surface area contributed by atoms with Crippen molar-refractivity contribution in [2.75, 3.05) is 0 Å². The summed E-state index contributed by atoms with van der Waals surface area (Å²) in [5.41, 5.74) is 3.62. The molecule has 0 saturated heterocycles. The number of aromatic nitrogens is 5. The molecule has 0 spiro atoms. The first-order valence-electron chi connectivity index (χ1n) is 7.22. The van der Waals surface area contributed by atoms with Crippen molar-refractivity contribution >= 4 is 0 Å². The number of nitrogens with one attached hydrogen (secondary N) is 1. The van der Waals surface area contributed by atoms with Gasteiger partial charge in [0.25, 0.3) is 0 Å². The Hall–Kier alpha value is -1.69. The van der Waals surface area contributed by atoms with Gasteiger partial charge in [-0.05, 0) is 34.6 Å². The van der Waals surface area contributed by atoms with Gasteiger partial charge in [0.1, 0.15) is 12.2 Å². The fourth-order valence-electron chi connectivity index (χ4n) is 2.67. The van der Waals surface area contributed by atoms with Crippen molar-refractivity contribution in [3.05, 3.63) is 29.1 Å². The third-order valence-corrected chi connectivity index (χ3v) is 3.77. The lowest BCUT2D eigenvalue weighted by Crippen LogP contribution is -2.21. The SMILES string of the molecule is CCn1cnnc1CNC(C)c1c(C)nn(CC)c1C. The fourth-order valence-corrected chi connectivity index (χ4v) is 2.67. The van der Waals surface area contributed by atoms with Crippen LogP contribution in [0.15, 0.2) is 6.33 Å². The van der Waals surface area contributed by atoms with Gasteiger partial charge in [-0.3, -0.25) is 4.68 Å². The van der Waals surface area contributed by atoms with Crippen molar-refractivity contribution in [1.82, 2.24) is 29.9 Å². The van der Waals surface area contributed by atoms with Crippen LogP contribution in [-0.4, -0.2) is 24.5 Å². The van der Waals surface area contributed by atoms with Crippen LogP contribution in [0.25, 0.3) is 0 Å². The Bertz CT molecular complexity index is 568. The topological polar surface area (TPSA) is 60.6 Å². The lowest BCUT2D eigenvalue weighted by Gasteiger charge is -2.15. The van der Waals surface area contributed by atoms with E-state index in [9.17, 15) is 0 Å². The Balaban J connectivity index is 2.09. The molecule has 0 aliphatic rings. The van der Waals surface area contributed by atoms with E-state index < -0.39 is 0 Å². The zero-order valence-electron chi connectivity index (χ0n) is 13.0. The predicted octanol–water partition coefficient (Wildman–Crippen LogP) is 1.98. The summed E-state index contributed by atoms with van der Waals surface area (Å²) in [6.07, 6.45) is 1.77. The van der Waals surface area contributed by atoms with Crippen LogP contribution in [0.3, 0.4) is 0 Å². The smallest absolute Gasteiger partial charge is 0.146 e. The van der Waals surface area contributed by atoms with Crippen molar-refractivity contribution in [1.29, 1.82) is 0 Å². The molecule has 2 aromatic rings. The van der Waals surface area contributed by atoms with E-state index in [0.29, 0.717) is 6.54 Å². The molecule has 6 nitrogen and oxygen atoms in total. The van der Waals surface area contributed by atoms with E-state index in [2.05, 4.69) is 64.5 Å².